The van der Waals surface area contributed by atoms with Crippen LogP contribution in [0.25, 0.3) is 0 Å². The molecule has 84 valence electrons. The maximum atomic E-state index is 4.20. The van der Waals surface area contributed by atoms with E-state index in [1.807, 2.05) is 0 Å². The fourth-order valence-corrected chi connectivity index (χ4v) is 2.62. The van der Waals surface area contributed by atoms with Crippen molar-refractivity contribution in [3.05, 3.63) is 83.4 Å². The molecule has 0 aromatic heterocycles. The molecule has 2 aromatic rings. The van der Waals surface area contributed by atoms with Gasteiger partial charge in [0.2, 0.25) is 0 Å². The van der Waals surface area contributed by atoms with Gasteiger partial charge in [-0.25, -0.2) is 0 Å². The lowest BCUT2D eigenvalue weighted by atomic mass is 9.87. The van der Waals surface area contributed by atoms with Gasteiger partial charge in [-0.3, -0.25) is 0 Å². The van der Waals surface area contributed by atoms with Gasteiger partial charge in [0.15, 0.2) is 0 Å². The first-order chi connectivity index (χ1) is 8.23. The van der Waals surface area contributed by atoms with Gasteiger partial charge in [0.25, 0.3) is 0 Å². The topological polar surface area (TPSA) is 0 Å². The van der Waals surface area contributed by atoms with E-state index in [-0.39, 0.29) is 5.41 Å². The SMILES string of the molecule is C=C1CC1(c1ccccc1)c1ccc(C)cc1. The van der Waals surface area contributed by atoms with Crippen LogP contribution in [0.5, 0.6) is 0 Å². The summed E-state index contributed by atoms with van der Waals surface area (Å²) in [6.45, 7) is 6.32. The smallest absolute Gasteiger partial charge is 0.0446 e. The highest BCUT2D eigenvalue weighted by Crippen LogP contribution is 2.57. The van der Waals surface area contributed by atoms with Crippen molar-refractivity contribution in [2.24, 2.45) is 0 Å². The van der Waals surface area contributed by atoms with Crippen molar-refractivity contribution in [2.75, 3.05) is 0 Å². The molecule has 2 aromatic carbocycles. The molecule has 0 heteroatoms. The summed E-state index contributed by atoms with van der Waals surface area (Å²) in [5.74, 6) is 0. The minimum absolute atomic E-state index is 0.0922. The lowest BCUT2D eigenvalue weighted by Gasteiger charge is -2.16. The highest BCUT2D eigenvalue weighted by atomic mass is 14.5. The van der Waals surface area contributed by atoms with Crippen LogP contribution in [0.15, 0.2) is 66.7 Å². The molecule has 0 amide bonds. The van der Waals surface area contributed by atoms with E-state index >= 15 is 0 Å². The predicted molar refractivity (Wildman–Crippen MR) is 72.2 cm³/mol. The molecule has 1 aliphatic rings. The highest BCUT2D eigenvalue weighted by molar-refractivity contribution is 5.59. The van der Waals surface area contributed by atoms with E-state index in [4.69, 9.17) is 0 Å². The lowest BCUT2D eigenvalue weighted by Crippen LogP contribution is -2.08. The van der Waals surface area contributed by atoms with E-state index in [0.717, 1.165) is 6.42 Å². The molecular weight excluding hydrogens is 204 g/mol. The van der Waals surface area contributed by atoms with Crippen molar-refractivity contribution in [3.63, 3.8) is 0 Å². The number of allylic oxidation sites excluding steroid dienone is 1. The van der Waals surface area contributed by atoms with E-state index in [9.17, 15) is 0 Å². The third-order valence-corrected chi connectivity index (χ3v) is 3.77. The molecular formula is C17H16. The zero-order chi connectivity index (χ0) is 11.9. The highest BCUT2D eigenvalue weighted by Gasteiger charge is 2.49. The maximum Gasteiger partial charge on any atom is 0.0446 e. The van der Waals surface area contributed by atoms with Crippen LogP contribution in [-0.2, 0) is 5.41 Å². The van der Waals surface area contributed by atoms with Crippen LogP contribution >= 0.6 is 0 Å². The van der Waals surface area contributed by atoms with Crippen LogP contribution in [0.1, 0.15) is 23.1 Å². The van der Waals surface area contributed by atoms with Crippen LogP contribution in [0.2, 0.25) is 0 Å². The molecule has 0 N–H and O–H groups in total. The predicted octanol–water partition coefficient (Wildman–Crippen LogP) is 4.24. The van der Waals surface area contributed by atoms with Gasteiger partial charge in [-0.1, -0.05) is 72.3 Å². The number of benzene rings is 2. The van der Waals surface area contributed by atoms with E-state index in [1.54, 1.807) is 0 Å². The van der Waals surface area contributed by atoms with Crippen molar-refractivity contribution < 1.29 is 0 Å². The molecule has 1 saturated carbocycles. The Kier molecular flexibility index (Phi) is 2.19. The van der Waals surface area contributed by atoms with Crippen molar-refractivity contribution in [1.82, 2.24) is 0 Å². The van der Waals surface area contributed by atoms with Crippen LogP contribution in [-0.4, -0.2) is 0 Å². The third kappa shape index (κ3) is 1.52. The zero-order valence-electron chi connectivity index (χ0n) is 10.1. The van der Waals surface area contributed by atoms with Crippen molar-refractivity contribution in [3.8, 4) is 0 Å². The molecule has 0 radical (unpaired) electrons. The van der Waals surface area contributed by atoms with E-state index in [1.165, 1.54) is 22.3 Å². The third-order valence-electron chi connectivity index (χ3n) is 3.77. The van der Waals surface area contributed by atoms with Gasteiger partial charge >= 0.3 is 0 Å². The summed E-state index contributed by atoms with van der Waals surface area (Å²) in [6, 6.07) is 19.5. The molecule has 0 bridgehead atoms. The molecule has 1 unspecified atom stereocenters. The first kappa shape index (κ1) is 10.3. The number of aryl methyl sites for hydroxylation is 1. The summed E-state index contributed by atoms with van der Waals surface area (Å²) in [5, 5.41) is 0. The molecule has 17 heavy (non-hydrogen) atoms. The van der Waals surface area contributed by atoms with Gasteiger partial charge < -0.3 is 0 Å². The summed E-state index contributed by atoms with van der Waals surface area (Å²) < 4.78 is 0. The maximum absolute atomic E-state index is 4.20. The van der Waals surface area contributed by atoms with Gasteiger partial charge in [-0.05, 0) is 24.5 Å². The molecule has 0 spiro atoms. The Morgan fingerprint density at radius 3 is 1.94 bits per heavy atom. The van der Waals surface area contributed by atoms with Crippen LogP contribution < -0.4 is 0 Å². The Morgan fingerprint density at radius 2 is 1.41 bits per heavy atom. The lowest BCUT2D eigenvalue weighted by molar-refractivity contribution is 0.880. The fraction of sp³-hybridized carbons (Fsp3) is 0.176. The molecule has 3 rings (SSSR count). The van der Waals surface area contributed by atoms with Gasteiger partial charge in [-0.15, -0.1) is 0 Å². The summed E-state index contributed by atoms with van der Waals surface area (Å²) in [6.07, 6.45) is 1.08. The first-order valence-electron chi connectivity index (χ1n) is 6.04. The van der Waals surface area contributed by atoms with Gasteiger partial charge in [0.05, 0.1) is 0 Å². The second-order valence-electron chi connectivity index (χ2n) is 4.92. The Balaban J connectivity index is 2.11. The minimum atomic E-state index is 0.0922. The van der Waals surface area contributed by atoms with E-state index in [2.05, 4.69) is 68.1 Å². The summed E-state index contributed by atoms with van der Waals surface area (Å²) in [4.78, 5) is 0. The second-order valence-corrected chi connectivity index (χ2v) is 4.92. The van der Waals surface area contributed by atoms with E-state index in [0.29, 0.717) is 0 Å². The summed E-state index contributed by atoms with van der Waals surface area (Å²) in [7, 11) is 0. The van der Waals surface area contributed by atoms with E-state index < -0.39 is 0 Å². The molecule has 1 fully saturated rings. The van der Waals surface area contributed by atoms with Gasteiger partial charge in [-0.2, -0.15) is 0 Å². The zero-order valence-corrected chi connectivity index (χ0v) is 10.1. The molecule has 0 aliphatic heterocycles. The fourth-order valence-electron chi connectivity index (χ4n) is 2.62. The second kappa shape index (κ2) is 3.59. The van der Waals surface area contributed by atoms with Crippen molar-refractivity contribution in [2.45, 2.75) is 18.8 Å². The normalized spacial score (nSPS) is 22.5. The molecule has 0 heterocycles. The quantitative estimate of drug-likeness (QED) is 0.664. The largest absolute Gasteiger partial charge is 0.0986 e. The Bertz CT molecular complexity index is 548. The minimum Gasteiger partial charge on any atom is -0.0986 e. The average Bonchev–Trinajstić information content (AvgIpc) is 3.04. The molecule has 0 nitrogen and oxygen atoms in total. The molecule has 1 atom stereocenters. The Hall–Kier alpha value is -1.82. The average molecular weight is 220 g/mol. The summed E-state index contributed by atoms with van der Waals surface area (Å²) in [5.41, 5.74) is 5.47. The van der Waals surface area contributed by atoms with Crippen LogP contribution in [0.4, 0.5) is 0 Å². The van der Waals surface area contributed by atoms with Crippen molar-refractivity contribution in [1.29, 1.82) is 0 Å². The van der Waals surface area contributed by atoms with Crippen LogP contribution in [0, 0.1) is 6.92 Å². The standard InChI is InChI=1S/C17H16/c1-13-8-10-16(11-9-13)17(12-14(17)2)15-6-4-3-5-7-15/h3-11H,2,12H2,1H3. The number of hydrogen-bond acceptors (Lipinski definition) is 0. The van der Waals surface area contributed by atoms with Gasteiger partial charge in [0.1, 0.15) is 0 Å². The van der Waals surface area contributed by atoms with Gasteiger partial charge in [0, 0.05) is 5.41 Å². The number of hydrogen-bond donors (Lipinski definition) is 0. The monoisotopic (exact) mass is 220 g/mol. The number of rotatable bonds is 2. The van der Waals surface area contributed by atoms with Crippen molar-refractivity contribution >= 4 is 0 Å². The van der Waals surface area contributed by atoms with Crippen LogP contribution in [0.3, 0.4) is 0 Å². The first-order valence-corrected chi connectivity index (χ1v) is 6.04. The Labute approximate surface area is 103 Å². The molecule has 1 aliphatic carbocycles. The molecule has 0 saturated heterocycles. The Morgan fingerprint density at radius 1 is 0.882 bits per heavy atom. The summed E-state index contributed by atoms with van der Waals surface area (Å²) >= 11 is 0.